The number of anilines is 1. The van der Waals surface area contributed by atoms with E-state index in [0.29, 0.717) is 24.1 Å². The van der Waals surface area contributed by atoms with Gasteiger partial charge < -0.3 is 14.8 Å². The fourth-order valence-corrected chi connectivity index (χ4v) is 1.48. The average molecular weight is 246 g/mol. The van der Waals surface area contributed by atoms with Crippen LogP contribution < -0.4 is 14.8 Å². The van der Waals surface area contributed by atoms with Crippen LogP contribution in [-0.2, 0) is 6.54 Å². The molecule has 2 heterocycles. The molecule has 0 bridgehead atoms. The van der Waals surface area contributed by atoms with Gasteiger partial charge in [0.25, 0.3) is 0 Å². The molecule has 0 amide bonds. The van der Waals surface area contributed by atoms with Crippen molar-refractivity contribution in [2.45, 2.75) is 6.54 Å². The van der Waals surface area contributed by atoms with E-state index in [1.54, 1.807) is 26.5 Å². The Morgan fingerprint density at radius 1 is 1.17 bits per heavy atom. The van der Waals surface area contributed by atoms with Crippen molar-refractivity contribution in [1.82, 2.24) is 15.0 Å². The summed E-state index contributed by atoms with van der Waals surface area (Å²) in [5, 5.41) is 3.16. The molecule has 0 radical (unpaired) electrons. The van der Waals surface area contributed by atoms with Crippen molar-refractivity contribution in [3.05, 3.63) is 36.3 Å². The fourth-order valence-electron chi connectivity index (χ4n) is 1.48. The van der Waals surface area contributed by atoms with Gasteiger partial charge in [-0.1, -0.05) is 6.07 Å². The lowest BCUT2D eigenvalue weighted by Crippen LogP contribution is -2.04. The first-order valence-corrected chi connectivity index (χ1v) is 5.41. The number of hydrogen-bond acceptors (Lipinski definition) is 6. The highest BCUT2D eigenvalue weighted by Gasteiger charge is 2.04. The molecule has 0 atom stereocenters. The van der Waals surface area contributed by atoms with Crippen LogP contribution in [0.4, 0.5) is 5.82 Å². The molecule has 0 saturated carbocycles. The van der Waals surface area contributed by atoms with E-state index in [9.17, 15) is 0 Å². The summed E-state index contributed by atoms with van der Waals surface area (Å²) in [6.45, 7) is 0.567. The number of hydrogen-bond donors (Lipinski definition) is 1. The summed E-state index contributed by atoms with van der Waals surface area (Å²) in [7, 11) is 3.16. The first-order chi connectivity index (χ1) is 8.83. The highest BCUT2D eigenvalue weighted by Crippen LogP contribution is 2.16. The van der Waals surface area contributed by atoms with Crippen molar-refractivity contribution in [3.63, 3.8) is 0 Å². The molecule has 6 heteroatoms. The molecule has 94 valence electrons. The fraction of sp³-hybridized carbons (Fsp3) is 0.250. The third-order valence-electron chi connectivity index (χ3n) is 2.35. The van der Waals surface area contributed by atoms with Gasteiger partial charge in [0.2, 0.25) is 11.8 Å². The predicted molar refractivity (Wildman–Crippen MR) is 66.7 cm³/mol. The number of nitrogens with one attached hydrogen (secondary N) is 1. The van der Waals surface area contributed by atoms with Crippen molar-refractivity contribution in [2.75, 3.05) is 19.5 Å². The SMILES string of the molecule is COc1cc(NCc2cccnc2OC)ncn1. The molecule has 0 spiro atoms. The molecule has 0 aliphatic heterocycles. The lowest BCUT2D eigenvalue weighted by atomic mass is 10.2. The molecular weight excluding hydrogens is 232 g/mol. The Bertz CT molecular complexity index is 519. The van der Waals surface area contributed by atoms with E-state index >= 15 is 0 Å². The maximum Gasteiger partial charge on any atom is 0.218 e. The Labute approximate surface area is 105 Å². The zero-order valence-corrected chi connectivity index (χ0v) is 10.3. The molecule has 0 unspecified atom stereocenters. The van der Waals surface area contributed by atoms with E-state index in [1.807, 2.05) is 12.1 Å². The van der Waals surface area contributed by atoms with E-state index < -0.39 is 0 Å². The van der Waals surface area contributed by atoms with Gasteiger partial charge in [0.05, 0.1) is 14.2 Å². The Kier molecular flexibility index (Phi) is 3.90. The zero-order chi connectivity index (χ0) is 12.8. The molecule has 0 fully saturated rings. The summed E-state index contributed by atoms with van der Waals surface area (Å²) < 4.78 is 10.2. The summed E-state index contributed by atoms with van der Waals surface area (Å²) in [5.41, 5.74) is 0.956. The molecule has 0 aliphatic rings. The van der Waals surface area contributed by atoms with Crippen LogP contribution >= 0.6 is 0 Å². The Hall–Kier alpha value is -2.37. The molecule has 1 N–H and O–H groups in total. The van der Waals surface area contributed by atoms with E-state index in [-0.39, 0.29) is 0 Å². The minimum Gasteiger partial charge on any atom is -0.481 e. The highest BCUT2D eigenvalue weighted by molar-refractivity contribution is 5.39. The smallest absolute Gasteiger partial charge is 0.218 e. The molecule has 18 heavy (non-hydrogen) atoms. The van der Waals surface area contributed by atoms with E-state index in [2.05, 4.69) is 20.3 Å². The van der Waals surface area contributed by atoms with E-state index in [4.69, 9.17) is 9.47 Å². The predicted octanol–water partition coefficient (Wildman–Crippen LogP) is 1.50. The van der Waals surface area contributed by atoms with Gasteiger partial charge in [0.15, 0.2) is 0 Å². The lowest BCUT2D eigenvalue weighted by molar-refractivity contribution is 0.393. The number of methoxy groups -OCH3 is 2. The molecule has 2 aromatic heterocycles. The van der Waals surface area contributed by atoms with Crippen LogP contribution in [0, 0.1) is 0 Å². The van der Waals surface area contributed by atoms with Gasteiger partial charge >= 0.3 is 0 Å². The van der Waals surface area contributed by atoms with Gasteiger partial charge in [-0.15, -0.1) is 0 Å². The molecule has 0 saturated heterocycles. The van der Waals surface area contributed by atoms with Crippen LogP contribution in [-0.4, -0.2) is 29.2 Å². The van der Waals surface area contributed by atoms with E-state index in [0.717, 1.165) is 5.56 Å². The second-order valence-corrected chi connectivity index (χ2v) is 3.47. The third kappa shape index (κ3) is 2.85. The highest BCUT2D eigenvalue weighted by atomic mass is 16.5. The summed E-state index contributed by atoms with van der Waals surface area (Å²) in [6, 6.07) is 5.53. The standard InChI is InChI=1S/C12H14N4O2/c1-17-11-6-10(15-8-16-11)14-7-9-4-3-5-13-12(9)18-2/h3-6,8H,7H2,1-2H3,(H,14,15,16). The van der Waals surface area contributed by atoms with Crippen LogP contribution in [0.2, 0.25) is 0 Å². The second-order valence-electron chi connectivity index (χ2n) is 3.47. The zero-order valence-electron chi connectivity index (χ0n) is 10.3. The molecular formula is C12H14N4O2. The lowest BCUT2D eigenvalue weighted by Gasteiger charge is -2.09. The molecule has 6 nitrogen and oxygen atoms in total. The van der Waals surface area contributed by atoms with Crippen LogP contribution in [0.5, 0.6) is 11.8 Å². The number of pyridine rings is 1. The summed E-state index contributed by atoms with van der Waals surface area (Å²) in [5.74, 6) is 1.81. The Balaban J connectivity index is 2.06. The first kappa shape index (κ1) is 12.1. The maximum absolute atomic E-state index is 5.17. The second kappa shape index (κ2) is 5.81. The Morgan fingerprint density at radius 2 is 2.06 bits per heavy atom. The largest absolute Gasteiger partial charge is 0.481 e. The maximum atomic E-state index is 5.17. The molecule has 2 aromatic rings. The van der Waals surface area contributed by atoms with Crippen LogP contribution in [0.1, 0.15) is 5.56 Å². The normalized spacial score (nSPS) is 9.89. The van der Waals surface area contributed by atoms with Gasteiger partial charge in [0.1, 0.15) is 12.1 Å². The van der Waals surface area contributed by atoms with Crippen molar-refractivity contribution in [1.29, 1.82) is 0 Å². The molecule has 2 rings (SSSR count). The van der Waals surface area contributed by atoms with Crippen molar-refractivity contribution in [2.24, 2.45) is 0 Å². The number of nitrogens with zero attached hydrogens (tertiary/aromatic N) is 3. The summed E-state index contributed by atoms with van der Waals surface area (Å²) in [4.78, 5) is 12.2. The minimum absolute atomic E-state index is 0.519. The van der Waals surface area contributed by atoms with Gasteiger partial charge in [-0.05, 0) is 6.07 Å². The first-order valence-electron chi connectivity index (χ1n) is 5.41. The van der Waals surface area contributed by atoms with Crippen LogP contribution in [0.3, 0.4) is 0 Å². The quantitative estimate of drug-likeness (QED) is 0.862. The van der Waals surface area contributed by atoms with Crippen molar-refractivity contribution in [3.8, 4) is 11.8 Å². The molecule has 0 aliphatic carbocycles. The minimum atomic E-state index is 0.519. The van der Waals surface area contributed by atoms with E-state index in [1.165, 1.54) is 6.33 Å². The van der Waals surface area contributed by atoms with Crippen molar-refractivity contribution >= 4 is 5.82 Å². The average Bonchev–Trinajstić information content (AvgIpc) is 2.45. The van der Waals surface area contributed by atoms with Gasteiger partial charge in [-0.2, -0.15) is 0 Å². The topological polar surface area (TPSA) is 69.2 Å². The monoisotopic (exact) mass is 246 g/mol. The summed E-state index contributed by atoms with van der Waals surface area (Å²) in [6.07, 6.45) is 3.14. The van der Waals surface area contributed by atoms with Gasteiger partial charge in [-0.25, -0.2) is 15.0 Å². The van der Waals surface area contributed by atoms with Crippen LogP contribution in [0.25, 0.3) is 0 Å². The van der Waals surface area contributed by atoms with Gasteiger partial charge in [0, 0.05) is 24.4 Å². The molecule has 0 aromatic carbocycles. The van der Waals surface area contributed by atoms with Crippen LogP contribution in [0.15, 0.2) is 30.7 Å². The number of aromatic nitrogens is 3. The van der Waals surface area contributed by atoms with Crippen molar-refractivity contribution < 1.29 is 9.47 Å². The van der Waals surface area contributed by atoms with Gasteiger partial charge in [-0.3, -0.25) is 0 Å². The number of rotatable bonds is 5. The number of ether oxygens (including phenoxy) is 2. The third-order valence-corrected chi connectivity index (χ3v) is 2.35. The summed E-state index contributed by atoms with van der Waals surface area (Å²) >= 11 is 0. The Morgan fingerprint density at radius 3 is 2.83 bits per heavy atom.